The van der Waals surface area contributed by atoms with Crippen molar-refractivity contribution in [3.05, 3.63) is 59.2 Å². The summed E-state index contributed by atoms with van der Waals surface area (Å²) in [7, 11) is 0. The molecular weight excluding hydrogens is 302 g/mol. The maximum atomic E-state index is 13.4. The fraction of sp³-hybridized carbons (Fsp3) is 0.176. The molecule has 0 fully saturated rings. The summed E-state index contributed by atoms with van der Waals surface area (Å²) in [5.41, 5.74) is 2.38. The SMILES string of the molecule is Cc1ccc(NC(=O)CC(=O)Nc2ccc(F)cc2F)c(C)c1. The number of carbonyl (C=O) groups is 2. The number of amides is 2. The normalized spacial score (nSPS) is 10.3. The molecule has 6 heteroatoms. The zero-order valence-electron chi connectivity index (χ0n) is 12.7. The largest absolute Gasteiger partial charge is 0.325 e. The van der Waals surface area contributed by atoms with Crippen LogP contribution < -0.4 is 10.6 Å². The van der Waals surface area contributed by atoms with Crippen molar-refractivity contribution in [2.45, 2.75) is 20.3 Å². The average molecular weight is 318 g/mol. The third-order valence-electron chi connectivity index (χ3n) is 3.18. The van der Waals surface area contributed by atoms with Crippen molar-refractivity contribution in [1.82, 2.24) is 0 Å². The first kappa shape index (κ1) is 16.6. The van der Waals surface area contributed by atoms with E-state index >= 15 is 0 Å². The Balaban J connectivity index is 1.95. The van der Waals surface area contributed by atoms with Crippen LogP contribution in [0.3, 0.4) is 0 Å². The molecular formula is C17H16F2N2O2. The highest BCUT2D eigenvalue weighted by molar-refractivity contribution is 6.08. The Hall–Kier alpha value is -2.76. The Kier molecular flexibility index (Phi) is 5.05. The van der Waals surface area contributed by atoms with Crippen LogP contribution in [0.15, 0.2) is 36.4 Å². The minimum atomic E-state index is -0.895. The first-order valence-corrected chi connectivity index (χ1v) is 6.97. The van der Waals surface area contributed by atoms with Crippen LogP contribution in [0.5, 0.6) is 0 Å². The Morgan fingerprint density at radius 1 is 0.913 bits per heavy atom. The fourth-order valence-electron chi connectivity index (χ4n) is 2.08. The number of nitrogens with one attached hydrogen (secondary N) is 2. The molecule has 0 heterocycles. The molecule has 120 valence electrons. The number of anilines is 2. The molecule has 0 bridgehead atoms. The number of hydrogen-bond acceptors (Lipinski definition) is 2. The van der Waals surface area contributed by atoms with Gasteiger partial charge in [-0.1, -0.05) is 17.7 Å². The summed E-state index contributed by atoms with van der Waals surface area (Å²) < 4.78 is 26.2. The van der Waals surface area contributed by atoms with Crippen LogP contribution in [0.1, 0.15) is 17.5 Å². The topological polar surface area (TPSA) is 58.2 Å². The lowest BCUT2D eigenvalue weighted by atomic mass is 10.1. The Morgan fingerprint density at radius 3 is 2.13 bits per heavy atom. The predicted molar refractivity (Wildman–Crippen MR) is 84.2 cm³/mol. The van der Waals surface area contributed by atoms with Gasteiger partial charge >= 0.3 is 0 Å². The molecule has 0 aliphatic heterocycles. The van der Waals surface area contributed by atoms with Crippen molar-refractivity contribution in [2.75, 3.05) is 10.6 Å². The molecule has 2 amide bonds. The van der Waals surface area contributed by atoms with Crippen LogP contribution in [-0.2, 0) is 9.59 Å². The van der Waals surface area contributed by atoms with Crippen molar-refractivity contribution in [3.63, 3.8) is 0 Å². The van der Waals surface area contributed by atoms with Gasteiger partial charge in [-0.05, 0) is 37.6 Å². The lowest BCUT2D eigenvalue weighted by Gasteiger charge is -2.10. The molecule has 0 aliphatic carbocycles. The van der Waals surface area contributed by atoms with Crippen LogP contribution in [0.25, 0.3) is 0 Å². The van der Waals surface area contributed by atoms with Crippen molar-refractivity contribution in [2.24, 2.45) is 0 Å². The van der Waals surface area contributed by atoms with E-state index in [1.807, 2.05) is 26.0 Å². The number of aryl methyl sites for hydroxylation is 2. The number of benzene rings is 2. The van der Waals surface area contributed by atoms with Crippen molar-refractivity contribution >= 4 is 23.2 Å². The molecule has 2 aromatic carbocycles. The monoisotopic (exact) mass is 318 g/mol. The number of hydrogen-bond donors (Lipinski definition) is 2. The molecule has 23 heavy (non-hydrogen) atoms. The fourth-order valence-corrected chi connectivity index (χ4v) is 2.08. The van der Waals surface area contributed by atoms with Crippen LogP contribution in [0, 0.1) is 25.5 Å². The average Bonchev–Trinajstić information content (AvgIpc) is 2.45. The summed E-state index contributed by atoms with van der Waals surface area (Å²) in [4.78, 5) is 23.6. The molecule has 0 saturated heterocycles. The highest BCUT2D eigenvalue weighted by Crippen LogP contribution is 2.17. The standard InChI is InChI=1S/C17H16F2N2O2/c1-10-3-5-14(11(2)7-10)20-16(22)9-17(23)21-15-6-4-12(18)8-13(15)19/h3-8H,9H2,1-2H3,(H,20,22)(H,21,23). The minimum absolute atomic E-state index is 0.171. The van der Waals surface area contributed by atoms with E-state index in [9.17, 15) is 18.4 Å². The van der Waals surface area contributed by atoms with Gasteiger partial charge in [-0.25, -0.2) is 8.78 Å². The lowest BCUT2D eigenvalue weighted by Crippen LogP contribution is -2.22. The summed E-state index contributed by atoms with van der Waals surface area (Å²) in [6.45, 7) is 3.78. The molecule has 4 nitrogen and oxygen atoms in total. The van der Waals surface area contributed by atoms with Gasteiger partial charge in [0.25, 0.3) is 0 Å². The smallest absolute Gasteiger partial charge is 0.233 e. The maximum absolute atomic E-state index is 13.4. The molecule has 0 unspecified atom stereocenters. The van der Waals surface area contributed by atoms with E-state index in [4.69, 9.17) is 0 Å². The quantitative estimate of drug-likeness (QED) is 0.847. The second-order valence-electron chi connectivity index (χ2n) is 5.22. The van der Waals surface area contributed by atoms with Crippen LogP contribution >= 0.6 is 0 Å². The summed E-state index contributed by atoms with van der Waals surface area (Å²) >= 11 is 0. The van der Waals surface area contributed by atoms with E-state index in [0.29, 0.717) is 11.8 Å². The van der Waals surface area contributed by atoms with E-state index in [-0.39, 0.29) is 5.69 Å². The molecule has 0 atom stereocenters. The summed E-state index contributed by atoms with van der Waals surface area (Å²) in [5, 5.41) is 4.86. The van der Waals surface area contributed by atoms with Gasteiger partial charge < -0.3 is 10.6 Å². The van der Waals surface area contributed by atoms with Crippen LogP contribution in [0.4, 0.5) is 20.2 Å². The van der Waals surface area contributed by atoms with Crippen molar-refractivity contribution in [3.8, 4) is 0 Å². The summed E-state index contributed by atoms with van der Waals surface area (Å²) in [6, 6.07) is 8.28. The highest BCUT2D eigenvalue weighted by atomic mass is 19.1. The molecule has 0 radical (unpaired) electrons. The van der Waals surface area contributed by atoms with Gasteiger partial charge in [0.2, 0.25) is 11.8 Å². The highest BCUT2D eigenvalue weighted by Gasteiger charge is 2.13. The number of carbonyl (C=O) groups excluding carboxylic acids is 2. The minimum Gasteiger partial charge on any atom is -0.325 e. The second-order valence-corrected chi connectivity index (χ2v) is 5.22. The number of rotatable bonds is 4. The number of halogens is 2. The van der Waals surface area contributed by atoms with Crippen LogP contribution in [-0.4, -0.2) is 11.8 Å². The summed E-state index contributed by atoms with van der Waals surface area (Å²) in [6.07, 6.45) is -0.468. The molecule has 2 rings (SSSR count). The second kappa shape index (κ2) is 7.00. The van der Waals surface area contributed by atoms with Gasteiger partial charge in [0.15, 0.2) is 0 Å². The van der Waals surface area contributed by atoms with Gasteiger partial charge in [0, 0.05) is 11.8 Å². The van der Waals surface area contributed by atoms with E-state index in [0.717, 1.165) is 23.3 Å². The zero-order chi connectivity index (χ0) is 17.0. The Morgan fingerprint density at radius 2 is 1.52 bits per heavy atom. The van der Waals surface area contributed by atoms with Gasteiger partial charge in [-0.3, -0.25) is 9.59 Å². The van der Waals surface area contributed by atoms with E-state index in [1.54, 1.807) is 6.07 Å². The van der Waals surface area contributed by atoms with Gasteiger partial charge in [-0.2, -0.15) is 0 Å². The third kappa shape index (κ3) is 4.60. The molecule has 0 saturated carbocycles. The molecule has 2 aromatic rings. The Bertz CT molecular complexity index is 697. The van der Waals surface area contributed by atoms with Gasteiger partial charge in [0.1, 0.15) is 18.1 Å². The lowest BCUT2D eigenvalue weighted by molar-refractivity contribution is -0.123. The first-order chi connectivity index (χ1) is 10.8. The van der Waals surface area contributed by atoms with Crippen molar-refractivity contribution < 1.29 is 18.4 Å². The molecule has 0 spiro atoms. The van der Waals surface area contributed by atoms with Gasteiger partial charge in [0.05, 0.1) is 5.69 Å². The van der Waals surface area contributed by atoms with E-state index < -0.39 is 29.9 Å². The van der Waals surface area contributed by atoms with E-state index in [1.165, 1.54) is 0 Å². The molecule has 0 aliphatic rings. The van der Waals surface area contributed by atoms with Crippen molar-refractivity contribution in [1.29, 1.82) is 0 Å². The van der Waals surface area contributed by atoms with E-state index in [2.05, 4.69) is 10.6 Å². The maximum Gasteiger partial charge on any atom is 0.233 e. The third-order valence-corrected chi connectivity index (χ3v) is 3.18. The Labute approximate surface area is 132 Å². The predicted octanol–water partition coefficient (Wildman–Crippen LogP) is 3.55. The van der Waals surface area contributed by atoms with Crippen LogP contribution in [0.2, 0.25) is 0 Å². The zero-order valence-corrected chi connectivity index (χ0v) is 12.7. The van der Waals surface area contributed by atoms with Gasteiger partial charge in [-0.15, -0.1) is 0 Å². The molecule has 0 aromatic heterocycles. The molecule has 2 N–H and O–H groups in total. The summed E-state index contributed by atoms with van der Waals surface area (Å²) in [5.74, 6) is -2.84. The first-order valence-electron chi connectivity index (χ1n) is 6.97.